The first-order valence-electron chi connectivity index (χ1n) is 10.3. The third-order valence-corrected chi connectivity index (χ3v) is 6.06. The molecule has 1 aromatic carbocycles. The number of ether oxygens (including phenoxy) is 1. The second kappa shape index (κ2) is 10.7. The molecule has 1 aliphatic rings. The van der Waals surface area contributed by atoms with Gasteiger partial charge in [0.25, 0.3) is 0 Å². The van der Waals surface area contributed by atoms with Gasteiger partial charge in [0, 0.05) is 31.1 Å². The minimum absolute atomic E-state index is 0.0911. The van der Waals surface area contributed by atoms with Crippen LogP contribution in [0.2, 0.25) is 0 Å². The van der Waals surface area contributed by atoms with Crippen molar-refractivity contribution < 1.29 is 9.53 Å². The third kappa shape index (κ3) is 6.73. The van der Waals surface area contributed by atoms with Crippen LogP contribution in [-0.2, 0) is 22.5 Å². The fraction of sp³-hybridized carbons (Fsp3) is 0.522. The van der Waals surface area contributed by atoms with Crippen molar-refractivity contribution in [3.63, 3.8) is 0 Å². The van der Waals surface area contributed by atoms with E-state index in [4.69, 9.17) is 4.74 Å². The van der Waals surface area contributed by atoms with Gasteiger partial charge in [0.15, 0.2) is 0 Å². The van der Waals surface area contributed by atoms with Crippen LogP contribution in [0.4, 0.5) is 0 Å². The van der Waals surface area contributed by atoms with Crippen molar-refractivity contribution >= 4 is 17.2 Å². The second-order valence-electron chi connectivity index (χ2n) is 7.88. The maximum Gasteiger partial charge on any atom is 0.234 e. The van der Waals surface area contributed by atoms with E-state index in [0.29, 0.717) is 19.0 Å². The molecule has 1 aromatic heterocycles. The average molecular weight is 401 g/mol. The molecule has 5 heteroatoms. The highest BCUT2D eigenvalue weighted by molar-refractivity contribution is 7.09. The maximum absolute atomic E-state index is 12.5. The van der Waals surface area contributed by atoms with Crippen LogP contribution in [0.3, 0.4) is 0 Å². The van der Waals surface area contributed by atoms with Gasteiger partial charge in [0.1, 0.15) is 0 Å². The summed E-state index contributed by atoms with van der Waals surface area (Å²) < 4.78 is 5.78. The highest BCUT2D eigenvalue weighted by Gasteiger charge is 2.21. The number of rotatable bonds is 10. The van der Waals surface area contributed by atoms with Gasteiger partial charge in [0.2, 0.25) is 5.91 Å². The van der Waals surface area contributed by atoms with E-state index in [1.165, 1.54) is 16.0 Å². The van der Waals surface area contributed by atoms with Crippen molar-refractivity contribution in [3.05, 3.63) is 57.8 Å². The molecule has 1 N–H and O–H groups in total. The first-order valence-corrected chi connectivity index (χ1v) is 11.2. The molecule has 3 rings (SSSR count). The van der Waals surface area contributed by atoms with Crippen LogP contribution in [0, 0.1) is 0 Å². The van der Waals surface area contributed by atoms with Crippen molar-refractivity contribution in [1.29, 1.82) is 0 Å². The Hall–Kier alpha value is -1.69. The number of amides is 1. The van der Waals surface area contributed by atoms with E-state index in [2.05, 4.69) is 65.8 Å². The molecule has 0 saturated carbocycles. The van der Waals surface area contributed by atoms with E-state index in [1.54, 1.807) is 11.3 Å². The lowest BCUT2D eigenvalue weighted by Gasteiger charge is -2.24. The number of hydrogen-bond donors (Lipinski definition) is 1. The van der Waals surface area contributed by atoms with Crippen molar-refractivity contribution in [1.82, 2.24) is 10.2 Å². The Labute approximate surface area is 172 Å². The number of thiophene rings is 1. The maximum atomic E-state index is 12.5. The summed E-state index contributed by atoms with van der Waals surface area (Å²) in [6, 6.07) is 12.9. The summed E-state index contributed by atoms with van der Waals surface area (Å²) in [7, 11) is 0. The van der Waals surface area contributed by atoms with Crippen LogP contribution in [-0.4, -0.2) is 43.2 Å². The number of hydrogen-bond acceptors (Lipinski definition) is 4. The third-order valence-electron chi connectivity index (χ3n) is 5.19. The standard InChI is InChI=1S/C23H32N2O2S/c1-18(2)20-9-7-19(8-10-20)11-12-24-23(26)17-25(15-21-5-3-13-27-21)16-22-6-4-14-28-22/h4,6-10,14,18,21H,3,5,11-13,15-17H2,1-2H3,(H,24,26). The van der Waals surface area contributed by atoms with E-state index in [1.807, 2.05) is 0 Å². The molecule has 1 saturated heterocycles. The molecule has 1 fully saturated rings. The highest BCUT2D eigenvalue weighted by Crippen LogP contribution is 2.17. The Morgan fingerprint density at radius 1 is 1.29 bits per heavy atom. The number of benzene rings is 1. The number of nitrogens with one attached hydrogen (secondary N) is 1. The summed E-state index contributed by atoms with van der Waals surface area (Å²) in [4.78, 5) is 16.0. The summed E-state index contributed by atoms with van der Waals surface area (Å²) in [6.07, 6.45) is 3.34. The predicted molar refractivity (Wildman–Crippen MR) is 116 cm³/mol. The van der Waals surface area contributed by atoms with Gasteiger partial charge in [-0.15, -0.1) is 11.3 Å². The smallest absolute Gasteiger partial charge is 0.234 e. The van der Waals surface area contributed by atoms with Gasteiger partial charge in [0.05, 0.1) is 12.6 Å². The molecule has 2 heterocycles. The molecule has 1 unspecified atom stereocenters. The quantitative estimate of drug-likeness (QED) is 0.649. The highest BCUT2D eigenvalue weighted by atomic mass is 32.1. The average Bonchev–Trinajstić information content (AvgIpc) is 3.36. The van der Waals surface area contributed by atoms with Gasteiger partial charge in [-0.3, -0.25) is 9.69 Å². The Morgan fingerprint density at radius 3 is 2.75 bits per heavy atom. The first-order chi connectivity index (χ1) is 13.6. The van der Waals surface area contributed by atoms with Crippen molar-refractivity contribution in [2.24, 2.45) is 0 Å². The van der Waals surface area contributed by atoms with Crippen molar-refractivity contribution in [2.75, 3.05) is 26.2 Å². The summed E-state index contributed by atoms with van der Waals surface area (Å²) in [5, 5.41) is 5.17. The van der Waals surface area contributed by atoms with Crippen molar-refractivity contribution in [3.8, 4) is 0 Å². The summed E-state index contributed by atoms with van der Waals surface area (Å²) in [6.45, 7) is 7.97. The van der Waals surface area contributed by atoms with Gasteiger partial charge in [-0.05, 0) is 47.8 Å². The largest absolute Gasteiger partial charge is 0.377 e. The van der Waals surface area contributed by atoms with Crippen LogP contribution >= 0.6 is 11.3 Å². The van der Waals surface area contributed by atoms with Gasteiger partial charge in [-0.2, -0.15) is 0 Å². The molecular formula is C23H32N2O2S. The Kier molecular flexibility index (Phi) is 8.07. The molecule has 2 aromatic rings. The summed E-state index contributed by atoms with van der Waals surface area (Å²) in [5.41, 5.74) is 2.62. The van der Waals surface area contributed by atoms with Gasteiger partial charge in [-0.1, -0.05) is 44.2 Å². The van der Waals surface area contributed by atoms with Crippen LogP contribution in [0.25, 0.3) is 0 Å². The fourth-order valence-corrected chi connectivity index (χ4v) is 4.30. The van der Waals surface area contributed by atoms with Crippen molar-refractivity contribution in [2.45, 2.75) is 51.7 Å². The van der Waals surface area contributed by atoms with E-state index >= 15 is 0 Å². The van der Waals surface area contributed by atoms with E-state index in [9.17, 15) is 4.79 Å². The normalized spacial score (nSPS) is 16.8. The summed E-state index contributed by atoms with van der Waals surface area (Å²) >= 11 is 1.74. The fourth-order valence-electron chi connectivity index (χ4n) is 3.56. The van der Waals surface area contributed by atoms with Crippen LogP contribution in [0.1, 0.15) is 48.6 Å². The van der Waals surface area contributed by atoms with E-state index in [0.717, 1.165) is 39.0 Å². The number of carbonyl (C=O) groups excluding carboxylic acids is 1. The van der Waals surface area contributed by atoms with Gasteiger partial charge in [-0.25, -0.2) is 0 Å². The SMILES string of the molecule is CC(C)c1ccc(CCNC(=O)CN(Cc2cccs2)CC2CCCO2)cc1. The first kappa shape index (κ1) is 21.0. The predicted octanol–water partition coefficient (Wildman–Crippen LogP) is 4.21. The van der Waals surface area contributed by atoms with E-state index in [-0.39, 0.29) is 12.0 Å². The van der Waals surface area contributed by atoms with E-state index < -0.39 is 0 Å². The Bertz CT molecular complexity index is 707. The monoisotopic (exact) mass is 400 g/mol. The van der Waals surface area contributed by atoms with Crippen LogP contribution in [0.15, 0.2) is 41.8 Å². The lowest BCUT2D eigenvalue weighted by molar-refractivity contribution is -0.122. The zero-order valence-electron chi connectivity index (χ0n) is 17.0. The van der Waals surface area contributed by atoms with Gasteiger partial charge < -0.3 is 10.1 Å². The zero-order valence-corrected chi connectivity index (χ0v) is 17.8. The Morgan fingerprint density at radius 2 is 2.11 bits per heavy atom. The molecule has 0 aliphatic carbocycles. The lowest BCUT2D eigenvalue weighted by Crippen LogP contribution is -2.40. The molecule has 0 spiro atoms. The zero-order chi connectivity index (χ0) is 19.8. The molecule has 1 atom stereocenters. The minimum Gasteiger partial charge on any atom is -0.377 e. The molecule has 4 nitrogen and oxygen atoms in total. The molecule has 152 valence electrons. The lowest BCUT2D eigenvalue weighted by atomic mass is 10.0. The molecule has 0 radical (unpaired) electrons. The molecule has 1 aliphatic heterocycles. The van der Waals surface area contributed by atoms with Crippen LogP contribution < -0.4 is 5.32 Å². The second-order valence-corrected chi connectivity index (χ2v) is 8.91. The molecular weight excluding hydrogens is 368 g/mol. The molecule has 28 heavy (non-hydrogen) atoms. The van der Waals surface area contributed by atoms with Crippen LogP contribution in [0.5, 0.6) is 0 Å². The number of carbonyl (C=O) groups is 1. The molecule has 0 bridgehead atoms. The minimum atomic E-state index is 0.0911. The summed E-state index contributed by atoms with van der Waals surface area (Å²) in [5.74, 6) is 0.639. The molecule has 1 amide bonds. The Balaban J connectivity index is 1.45. The van der Waals surface area contributed by atoms with Gasteiger partial charge >= 0.3 is 0 Å². The topological polar surface area (TPSA) is 41.6 Å². The number of nitrogens with zero attached hydrogens (tertiary/aromatic N) is 1.